The van der Waals surface area contributed by atoms with Crippen LogP contribution in [-0.2, 0) is 16.1 Å². The lowest BCUT2D eigenvalue weighted by Gasteiger charge is -2.27. The molecule has 0 saturated heterocycles. The van der Waals surface area contributed by atoms with Gasteiger partial charge in [0.2, 0.25) is 11.8 Å². The summed E-state index contributed by atoms with van der Waals surface area (Å²) < 4.78 is 13.2. The van der Waals surface area contributed by atoms with Crippen molar-refractivity contribution < 1.29 is 14.0 Å². The second kappa shape index (κ2) is 8.80. The van der Waals surface area contributed by atoms with Gasteiger partial charge in [-0.25, -0.2) is 4.39 Å². The van der Waals surface area contributed by atoms with Gasteiger partial charge in [0.15, 0.2) is 0 Å². The monoisotopic (exact) mass is 368 g/mol. The van der Waals surface area contributed by atoms with Crippen LogP contribution in [0.2, 0.25) is 0 Å². The molecule has 2 aromatic carbocycles. The molecule has 2 N–H and O–H groups in total. The van der Waals surface area contributed by atoms with Crippen molar-refractivity contribution in [3.05, 3.63) is 65.5 Å². The lowest BCUT2D eigenvalue weighted by Crippen LogP contribution is -2.35. The highest BCUT2D eigenvalue weighted by Gasteiger charge is 2.29. The SMILES string of the molecule is Cc1ccc(CNC(=O)C2CCC(C(=O)Nc3cccc(F)c3)CC2)cc1. The lowest BCUT2D eigenvalue weighted by molar-refractivity contribution is -0.128. The van der Waals surface area contributed by atoms with Gasteiger partial charge in [0.1, 0.15) is 5.82 Å². The number of amides is 2. The minimum absolute atomic E-state index is 0.0475. The van der Waals surface area contributed by atoms with Crippen molar-refractivity contribution >= 4 is 17.5 Å². The zero-order chi connectivity index (χ0) is 19.2. The van der Waals surface area contributed by atoms with Crippen molar-refractivity contribution in [3.8, 4) is 0 Å². The maximum Gasteiger partial charge on any atom is 0.227 e. The predicted molar refractivity (Wildman–Crippen MR) is 104 cm³/mol. The largest absolute Gasteiger partial charge is 0.352 e. The molecule has 0 aliphatic heterocycles. The van der Waals surface area contributed by atoms with E-state index in [1.165, 1.54) is 17.7 Å². The minimum Gasteiger partial charge on any atom is -0.352 e. The van der Waals surface area contributed by atoms with E-state index in [1.54, 1.807) is 12.1 Å². The number of anilines is 1. The molecule has 1 saturated carbocycles. The molecule has 1 fully saturated rings. The van der Waals surface area contributed by atoms with Gasteiger partial charge in [-0.3, -0.25) is 9.59 Å². The molecule has 0 aromatic heterocycles. The Balaban J connectivity index is 1.44. The van der Waals surface area contributed by atoms with E-state index in [4.69, 9.17) is 0 Å². The first kappa shape index (κ1) is 19.1. The third kappa shape index (κ3) is 5.39. The van der Waals surface area contributed by atoms with Gasteiger partial charge < -0.3 is 10.6 Å². The summed E-state index contributed by atoms with van der Waals surface area (Å²) in [5.74, 6) is -0.594. The number of rotatable bonds is 5. The Kier molecular flexibility index (Phi) is 6.22. The maximum atomic E-state index is 13.2. The molecule has 142 valence electrons. The summed E-state index contributed by atoms with van der Waals surface area (Å²) in [7, 11) is 0. The molecule has 2 amide bonds. The van der Waals surface area contributed by atoms with Crippen molar-refractivity contribution in [2.24, 2.45) is 11.8 Å². The Morgan fingerprint density at radius 3 is 2.22 bits per heavy atom. The van der Waals surface area contributed by atoms with E-state index < -0.39 is 0 Å². The van der Waals surface area contributed by atoms with Crippen LogP contribution in [-0.4, -0.2) is 11.8 Å². The van der Waals surface area contributed by atoms with Crippen molar-refractivity contribution in [2.75, 3.05) is 5.32 Å². The zero-order valence-corrected chi connectivity index (χ0v) is 15.5. The van der Waals surface area contributed by atoms with Crippen molar-refractivity contribution in [1.82, 2.24) is 5.32 Å². The normalized spacial score (nSPS) is 19.3. The number of aryl methyl sites for hydroxylation is 1. The quantitative estimate of drug-likeness (QED) is 0.831. The van der Waals surface area contributed by atoms with E-state index in [-0.39, 0.29) is 29.5 Å². The van der Waals surface area contributed by atoms with E-state index in [9.17, 15) is 14.0 Å². The van der Waals surface area contributed by atoms with Gasteiger partial charge in [-0.2, -0.15) is 0 Å². The summed E-state index contributed by atoms with van der Waals surface area (Å²) in [6.45, 7) is 2.56. The molecule has 5 heteroatoms. The summed E-state index contributed by atoms with van der Waals surface area (Å²) in [6, 6.07) is 14.0. The Hall–Kier alpha value is -2.69. The molecule has 0 radical (unpaired) electrons. The van der Waals surface area contributed by atoms with Gasteiger partial charge in [-0.1, -0.05) is 35.9 Å². The summed E-state index contributed by atoms with van der Waals surface area (Å²) in [6.07, 6.45) is 2.73. The number of nitrogens with one attached hydrogen (secondary N) is 2. The van der Waals surface area contributed by atoms with Crippen molar-refractivity contribution in [3.63, 3.8) is 0 Å². The Morgan fingerprint density at radius 2 is 1.59 bits per heavy atom. The number of carbonyl (C=O) groups is 2. The fourth-order valence-electron chi connectivity index (χ4n) is 3.47. The van der Waals surface area contributed by atoms with Crippen LogP contribution in [0, 0.1) is 24.6 Å². The summed E-state index contributed by atoms with van der Waals surface area (Å²) >= 11 is 0. The highest BCUT2D eigenvalue weighted by Crippen LogP contribution is 2.30. The van der Waals surface area contributed by atoms with Crippen LogP contribution >= 0.6 is 0 Å². The van der Waals surface area contributed by atoms with Gasteiger partial charge in [0.25, 0.3) is 0 Å². The molecule has 2 aromatic rings. The molecule has 3 rings (SSSR count). The Bertz CT molecular complexity index is 796. The van der Waals surface area contributed by atoms with Gasteiger partial charge >= 0.3 is 0 Å². The van der Waals surface area contributed by atoms with Crippen LogP contribution in [0.5, 0.6) is 0 Å². The predicted octanol–water partition coefficient (Wildman–Crippen LogP) is 4.20. The highest BCUT2D eigenvalue weighted by molar-refractivity contribution is 5.92. The highest BCUT2D eigenvalue weighted by atomic mass is 19.1. The van der Waals surface area contributed by atoms with Gasteiger partial charge in [0.05, 0.1) is 0 Å². The standard InChI is InChI=1S/C22H25FN2O2/c1-15-5-7-16(8-6-15)14-24-21(26)17-9-11-18(12-10-17)22(27)25-20-4-2-3-19(23)13-20/h2-8,13,17-18H,9-12,14H2,1H3,(H,24,26)(H,25,27). The molecule has 0 spiro atoms. The van der Waals surface area contributed by atoms with Crippen molar-refractivity contribution in [1.29, 1.82) is 0 Å². The van der Waals surface area contributed by atoms with E-state index in [0.29, 0.717) is 37.9 Å². The maximum absolute atomic E-state index is 13.2. The van der Waals surface area contributed by atoms with Crippen LogP contribution in [0.25, 0.3) is 0 Å². The first-order valence-electron chi connectivity index (χ1n) is 9.41. The Morgan fingerprint density at radius 1 is 0.963 bits per heavy atom. The smallest absolute Gasteiger partial charge is 0.227 e. The van der Waals surface area contributed by atoms with E-state index >= 15 is 0 Å². The van der Waals surface area contributed by atoms with Crippen molar-refractivity contribution in [2.45, 2.75) is 39.2 Å². The third-order valence-corrected chi connectivity index (χ3v) is 5.15. The van der Waals surface area contributed by atoms with E-state index in [1.807, 2.05) is 31.2 Å². The fourth-order valence-corrected chi connectivity index (χ4v) is 3.47. The summed E-state index contributed by atoms with van der Waals surface area (Å²) in [5.41, 5.74) is 2.75. The van der Waals surface area contributed by atoms with E-state index in [0.717, 1.165) is 5.56 Å². The van der Waals surface area contributed by atoms with Crippen LogP contribution in [0.15, 0.2) is 48.5 Å². The molecule has 1 aliphatic carbocycles. The summed E-state index contributed by atoms with van der Waals surface area (Å²) in [5, 5.41) is 5.77. The third-order valence-electron chi connectivity index (χ3n) is 5.15. The molecule has 4 nitrogen and oxygen atoms in total. The molecule has 0 heterocycles. The first-order valence-corrected chi connectivity index (χ1v) is 9.41. The first-order chi connectivity index (χ1) is 13.0. The molecular formula is C22H25FN2O2. The number of halogens is 1. The molecule has 0 unspecified atom stereocenters. The summed E-state index contributed by atoms with van der Waals surface area (Å²) in [4.78, 5) is 24.7. The number of benzene rings is 2. The van der Waals surface area contributed by atoms with Crippen LogP contribution < -0.4 is 10.6 Å². The van der Waals surface area contributed by atoms with Crippen LogP contribution in [0.3, 0.4) is 0 Å². The molecular weight excluding hydrogens is 343 g/mol. The number of hydrogen-bond donors (Lipinski definition) is 2. The average molecular weight is 368 g/mol. The minimum atomic E-state index is -0.373. The van der Waals surface area contributed by atoms with E-state index in [2.05, 4.69) is 10.6 Å². The molecule has 0 atom stereocenters. The van der Waals surface area contributed by atoms with Gasteiger partial charge in [-0.15, -0.1) is 0 Å². The van der Waals surface area contributed by atoms with Gasteiger partial charge in [0, 0.05) is 24.1 Å². The molecule has 27 heavy (non-hydrogen) atoms. The second-order valence-electron chi connectivity index (χ2n) is 7.25. The lowest BCUT2D eigenvalue weighted by atomic mass is 9.81. The van der Waals surface area contributed by atoms with Crippen LogP contribution in [0.4, 0.5) is 10.1 Å². The Labute approximate surface area is 159 Å². The number of hydrogen-bond acceptors (Lipinski definition) is 2. The number of carbonyl (C=O) groups excluding carboxylic acids is 2. The fraction of sp³-hybridized carbons (Fsp3) is 0.364. The molecule has 1 aliphatic rings. The topological polar surface area (TPSA) is 58.2 Å². The second-order valence-corrected chi connectivity index (χ2v) is 7.25. The average Bonchev–Trinajstić information content (AvgIpc) is 2.67. The van der Waals surface area contributed by atoms with Gasteiger partial charge in [-0.05, 0) is 56.4 Å². The molecule has 0 bridgehead atoms. The zero-order valence-electron chi connectivity index (χ0n) is 15.5. The van der Waals surface area contributed by atoms with Crippen LogP contribution in [0.1, 0.15) is 36.8 Å².